The monoisotopic (exact) mass is 1020 g/mol. The quantitative estimate of drug-likeness (QED) is 0.120. The fraction of sp³-hybridized carbons (Fsp3) is 0.176. The molecule has 7 aromatic rings. The Bertz CT molecular complexity index is 2680. The first-order valence-electron chi connectivity index (χ1n) is 20.0. The number of benzene rings is 7. The van der Waals surface area contributed by atoms with Gasteiger partial charge in [-0.2, -0.15) is 8.42 Å². The summed E-state index contributed by atoms with van der Waals surface area (Å²) in [5.41, 5.74) is 3.09. The molecule has 0 bridgehead atoms. The Morgan fingerprint density at radius 2 is 0.857 bits per heavy atom. The Hall–Kier alpha value is -4.70. The van der Waals surface area contributed by atoms with Gasteiger partial charge < -0.3 is 0 Å². The zero-order valence-corrected chi connectivity index (χ0v) is 40.7. The van der Waals surface area contributed by atoms with Crippen LogP contribution < -0.4 is 0 Å². The molecular weight excluding hydrogens is 970 g/mol. The van der Waals surface area contributed by atoms with Crippen molar-refractivity contribution in [3.63, 3.8) is 0 Å². The summed E-state index contributed by atoms with van der Waals surface area (Å²) in [6, 6.07) is 53.3. The van der Waals surface area contributed by atoms with Gasteiger partial charge in [0.15, 0.2) is 0 Å². The maximum Gasteiger partial charge on any atom is 0.307 e. The van der Waals surface area contributed by atoms with Gasteiger partial charge in [0.1, 0.15) is 0 Å². The van der Waals surface area contributed by atoms with E-state index in [-0.39, 0.29) is 15.7 Å². The molecule has 0 aliphatic heterocycles. The maximum absolute atomic E-state index is 14.3. The van der Waals surface area contributed by atoms with Crippen molar-refractivity contribution in [1.29, 1.82) is 0 Å². The first-order valence-corrected chi connectivity index (χ1v) is 27.4. The molecule has 0 saturated carbocycles. The van der Waals surface area contributed by atoms with Crippen molar-refractivity contribution in [3.05, 3.63) is 217 Å². The van der Waals surface area contributed by atoms with Crippen molar-refractivity contribution >= 4 is 50.8 Å². The van der Waals surface area contributed by atoms with E-state index in [9.17, 15) is 25.6 Å². The van der Waals surface area contributed by atoms with Crippen LogP contribution >= 0.6 is 30.5 Å². The van der Waals surface area contributed by atoms with Crippen molar-refractivity contribution in [2.45, 2.75) is 83.8 Å². The third-order valence-electron chi connectivity index (χ3n) is 9.85. The predicted molar refractivity (Wildman–Crippen MR) is 257 cm³/mol. The average molecular weight is 1020 g/mol. The summed E-state index contributed by atoms with van der Waals surface area (Å²) in [4.78, 5) is 1.94. The second kappa shape index (κ2) is 19.6. The smallest absolute Gasteiger partial charge is 0.203 e. The summed E-state index contributed by atoms with van der Waals surface area (Å²) >= 11 is -3.00. The molecule has 12 heteroatoms. The Balaban J connectivity index is 0.000000210. The second-order valence-corrected chi connectivity index (χ2v) is 27.6. The molecule has 0 spiro atoms. The van der Waals surface area contributed by atoms with E-state index < -0.39 is 67.3 Å². The SMILES string of the molecule is CC(C)(C)c1ccc(I(OS(=O)(=O)c2ccc(F)cc2F)c2ccc(C(C)(C)C)cc2)cc1.Cc1ccc(S(=O)(=O)OS(c2ccccc2)(c2ccccc2)c2ccccc2)cc1. The summed E-state index contributed by atoms with van der Waals surface area (Å²) in [7, 11) is -11.0. The number of aryl methyl sites for hydroxylation is 1. The zero-order valence-electron chi connectivity index (χ0n) is 36.1. The van der Waals surface area contributed by atoms with E-state index in [4.69, 9.17) is 6.14 Å². The molecular formula is C51H51F2IO6S3. The van der Waals surface area contributed by atoms with Crippen LogP contribution in [0.1, 0.15) is 58.2 Å². The van der Waals surface area contributed by atoms with Crippen LogP contribution in [0.2, 0.25) is 0 Å². The minimum atomic E-state index is -4.45. The molecule has 0 aromatic heterocycles. The molecule has 0 amide bonds. The van der Waals surface area contributed by atoms with Crippen molar-refractivity contribution in [3.8, 4) is 0 Å². The summed E-state index contributed by atoms with van der Waals surface area (Å²) in [6.45, 7) is 14.5. The first kappa shape index (κ1) is 47.8. The Morgan fingerprint density at radius 1 is 0.460 bits per heavy atom. The van der Waals surface area contributed by atoms with E-state index in [1.165, 1.54) is 0 Å². The van der Waals surface area contributed by atoms with Crippen molar-refractivity contribution in [2.24, 2.45) is 0 Å². The van der Waals surface area contributed by atoms with Gasteiger partial charge in [0.2, 0.25) is 0 Å². The van der Waals surface area contributed by atoms with Crippen LogP contribution in [0.3, 0.4) is 0 Å². The fourth-order valence-corrected chi connectivity index (χ4v) is 18.5. The average Bonchev–Trinajstić information content (AvgIpc) is 3.25. The maximum atomic E-state index is 14.3. The summed E-state index contributed by atoms with van der Waals surface area (Å²) in [6.07, 6.45) is 0. The van der Waals surface area contributed by atoms with E-state index >= 15 is 0 Å². The summed E-state index contributed by atoms with van der Waals surface area (Å²) in [5, 5.41) is 0. The van der Waals surface area contributed by atoms with Gasteiger partial charge >= 0.3 is 214 Å². The zero-order chi connectivity index (χ0) is 45.6. The van der Waals surface area contributed by atoms with Gasteiger partial charge in [-0.1, -0.05) is 72.3 Å². The second-order valence-electron chi connectivity index (χ2n) is 16.7. The van der Waals surface area contributed by atoms with Crippen molar-refractivity contribution in [1.82, 2.24) is 0 Å². The number of hydrogen-bond acceptors (Lipinski definition) is 6. The van der Waals surface area contributed by atoms with E-state index in [1.807, 2.05) is 146 Å². The first-order chi connectivity index (χ1) is 29.7. The molecule has 0 fully saturated rings. The summed E-state index contributed by atoms with van der Waals surface area (Å²) in [5.74, 6) is -2.02. The molecule has 0 unspecified atom stereocenters. The van der Waals surface area contributed by atoms with E-state index in [2.05, 4.69) is 41.5 Å². The summed E-state index contributed by atoms with van der Waals surface area (Å²) < 4.78 is 94.2. The molecule has 6 nitrogen and oxygen atoms in total. The van der Waals surface area contributed by atoms with Gasteiger partial charge in [0.05, 0.1) is 4.90 Å². The molecule has 0 aliphatic rings. The van der Waals surface area contributed by atoms with Gasteiger partial charge in [0.25, 0.3) is 0 Å². The predicted octanol–water partition coefficient (Wildman–Crippen LogP) is 14.0. The van der Waals surface area contributed by atoms with Gasteiger partial charge in [-0.25, -0.2) is 3.63 Å². The van der Waals surface area contributed by atoms with Crippen LogP contribution in [-0.4, -0.2) is 16.8 Å². The molecule has 0 atom stereocenters. The van der Waals surface area contributed by atoms with Crippen LogP contribution in [0, 0.1) is 25.7 Å². The normalized spacial score (nSPS) is 12.8. The molecule has 0 saturated heterocycles. The van der Waals surface area contributed by atoms with Gasteiger partial charge in [-0.3, -0.25) is 0 Å². The fourth-order valence-electron chi connectivity index (χ4n) is 6.36. The van der Waals surface area contributed by atoms with E-state index in [0.29, 0.717) is 6.07 Å². The topological polar surface area (TPSA) is 86.7 Å². The van der Waals surface area contributed by atoms with Gasteiger partial charge in [-0.05, 0) is 65.8 Å². The van der Waals surface area contributed by atoms with Crippen LogP contribution in [0.4, 0.5) is 8.78 Å². The van der Waals surface area contributed by atoms with Gasteiger partial charge in [-0.15, -0.1) is 0 Å². The Labute approximate surface area is 381 Å². The van der Waals surface area contributed by atoms with Crippen molar-refractivity contribution < 1.29 is 31.8 Å². The van der Waals surface area contributed by atoms with Crippen molar-refractivity contribution in [2.75, 3.05) is 0 Å². The molecule has 0 radical (unpaired) electrons. The van der Waals surface area contributed by atoms with Crippen LogP contribution in [-0.2, 0) is 37.2 Å². The molecule has 0 heterocycles. The Morgan fingerprint density at radius 3 is 1.22 bits per heavy atom. The number of hydrogen-bond donors (Lipinski definition) is 0. The molecule has 330 valence electrons. The third-order valence-corrected chi connectivity index (χ3v) is 22.4. The van der Waals surface area contributed by atoms with Crippen LogP contribution in [0.25, 0.3) is 0 Å². The molecule has 7 rings (SSSR count). The standard InChI is InChI=1S/C26H29F2IO3S.C25H22O3S2/c1-25(2,3)18-7-12-21(13-8-18)29(22-14-9-19(10-15-22)26(4,5)6)32-33(30,31)24-16-11-20(27)17-23(24)28;1-21-17-19-25(20-18-21)30(26,27)28-29(22-11-5-2-6-12-22,23-13-7-3-8-14-23)24-15-9-4-10-16-24/h7-17H,1-6H3;2-20H,1H3. The minimum absolute atomic E-state index is 0.0594. The van der Waals surface area contributed by atoms with Crippen LogP contribution in [0.15, 0.2) is 206 Å². The molecule has 0 N–H and O–H groups in total. The van der Waals surface area contributed by atoms with E-state index in [0.717, 1.165) is 50.6 Å². The molecule has 7 aromatic carbocycles. The van der Waals surface area contributed by atoms with Gasteiger partial charge in [0, 0.05) is 14.7 Å². The Kier molecular flexibility index (Phi) is 14.9. The molecule has 63 heavy (non-hydrogen) atoms. The number of rotatable bonds is 11. The minimum Gasteiger partial charge on any atom is -0.203 e. The number of halogens is 3. The molecule has 0 aliphatic carbocycles. The third kappa shape index (κ3) is 11.5. The largest absolute Gasteiger partial charge is 0.307 e. The van der Waals surface area contributed by atoms with Crippen LogP contribution in [0.5, 0.6) is 0 Å². The van der Waals surface area contributed by atoms with E-state index in [1.54, 1.807) is 24.3 Å².